The molecular formula is C12H16N4O2S2. The Morgan fingerprint density at radius 1 is 1.25 bits per heavy atom. The normalized spacial score (nSPS) is 18.6. The number of thiazole rings is 1. The molecule has 1 saturated heterocycles. The number of rotatable bonds is 2. The maximum atomic E-state index is 12.6. The van der Waals surface area contributed by atoms with Gasteiger partial charge in [-0.15, -0.1) is 0 Å². The molecule has 1 aromatic carbocycles. The van der Waals surface area contributed by atoms with Crippen molar-refractivity contribution in [1.82, 2.24) is 14.2 Å². The third-order valence-corrected chi connectivity index (χ3v) is 6.22. The summed E-state index contributed by atoms with van der Waals surface area (Å²) >= 11 is 1.30. The summed E-state index contributed by atoms with van der Waals surface area (Å²) in [5.41, 5.74) is 6.39. The lowest BCUT2D eigenvalue weighted by molar-refractivity contribution is 0.222. The number of fused-ring (bicyclic) bond motifs is 1. The highest BCUT2D eigenvalue weighted by atomic mass is 32.2. The van der Waals surface area contributed by atoms with Gasteiger partial charge in [0, 0.05) is 26.2 Å². The maximum absolute atomic E-state index is 12.6. The van der Waals surface area contributed by atoms with E-state index in [1.807, 2.05) is 7.05 Å². The number of sulfonamides is 1. The Bertz CT molecular complexity index is 733. The second-order valence-electron chi connectivity index (χ2n) is 4.89. The van der Waals surface area contributed by atoms with Gasteiger partial charge in [0.25, 0.3) is 0 Å². The molecule has 2 aromatic rings. The van der Waals surface area contributed by atoms with Gasteiger partial charge in [-0.2, -0.15) is 4.31 Å². The first-order chi connectivity index (χ1) is 9.46. The average Bonchev–Trinajstić information content (AvgIpc) is 2.78. The van der Waals surface area contributed by atoms with Gasteiger partial charge in [0.1, 0.15) is 0 Å². The van der Waals surface area contributed by atoms with E-state index in [-0.39, 0.29) is 0 Å². The molecule has 0 bridgehead atoms. The van der Waals surface area contributed by atoms with E-state index in [2.05, 4.69) is 9.88 Å². The number of likely N-dealkylation sites (N-methyl/N-ethyl adjacent to an activating group) is 1. The Morgan fingerprint density at radius 2 is 1.95 bits per heavy atom. The van der Waals surface area contributed by atoms with E-state index < -0.39 is 10.0 Å². The Labute approximate surface area is 121 Å². The molecule has 3 rings (SSSR count). The number of aromatic nitrogens is 1. The van der Waals surface area contributed by atoms with Gasteiger partial charge in [0.2, 0.25) is 10.0 Å². The first kappa shape index (κ1) is 13.7. The zero-order valence-corrected chi connectivity index (χ0v) is 12.7. The van der Waals surface area contributed by atoms with Crippen LogP contribution in [0.15, 0.2) is 23.1 Å². The van der Waals surface area contributed by atoms with Crippen molar-refractivity contribution in [3.8, 4) is 0 Å². The molecule has 8 heteroatoms. The number of piperazine rings is 1. The van der Waals surface area contributed by atoms with Crippen LogP contribution in [0.25, 0.3) is 10.2 Å². The van der Waals surface area contributed by atoms with Crippen molar-refractivity contribution in [2.75, 3.05) is 39.0 Å². The summed E-state index contributed by atoms with van der Waals surface area (Å²) in [7, 11) is -1.43. The van der Waals surface area contributed by atoms with E-state index in [4.69, 9.17) is 5.73 Å². The molecule has 0 atom stereocenters. The molecule has 0 amide bonds. The van der Waals surface area contributed by atoms with Crippen LogP contribution in [-0.4, -0.2) is 55.8 Å². The molecule has 1 aromatic heterocycles. The van der Waals surface area contributed by atoms with Crippen LogP contribution in [0, 0.1) is 0 Å². The monoisotopic (exact) mass is 312 g/mol. The molecule has 0 spiro atoms. The van der Waals surface area contributed by atoms with Crippen molar-refractivity contribution in [1.29, 1.82) is 0 Å². The number of hydrogen-bond donors (Lipinski definition) is 1. The fraction of sp³-hybridized carbons (Fsp3) is 0.417. The van der Waals surface area contributed by atoms with Gasteiger partial charge >= 0.3 is 0 Å². The highest BCUT2D eigenvalue weighted by Gasteiger charge is 2.27. The minimum Gasteiger partial charge on any atom is -0.375 e. The molecule has 20 heavy (non-hydrogen) atoms. The second-order valence-corrected chi connectivity index (χ2v) is 7.89. The molecule has 2 N–H and O–H groups in total. The van der Waals surface area contributed by atoms with E-state index in [0.717, 1.165) is 23.3 Å². The van der Waals surface area contributed by atoms with E-state index in [0.29, 0.717) is 23.1 Å². The van der Waals surface area contributed by atoms with E-state index in [1.54, 1.807) is 22.5 Å². The van der Waals surface area contributed by atoms with Gasteiger partial charge in [-0.1, -0.05) is 11.3 Å². The summed E-state index contributed by atoms with van der Waals surface area (Å²) in [4.78, 5) is 6.58. The average molecular weight is 312 g/mol. The maximum Gasteiger partial charge on any atom is 0.243 e. The van der Waals surface area contributed by atoms with Crippen molar-refractivity contribution in [3.05, 3.63) is 18.2 Å². The smallest absolute Gasteiger partial charge is 0.243 e. The lowest BCUT2D eigenvalue weighted by Crippen LogP contribution is -2.46. The predicted molar refractivity (Wildman–Crippen MR) is 80.3 cm³/mol. The third-order valence-electron chi connectivity index (χ3n) is 3.48. The Kier molecular flexibility index (Phi) is 3.41. The molecule has 1 fully saturated rings. The molecule has 2 heterocycles. The quantitative estimate of drug-likeness (QED) is 0.888. The Balaban J connectivity index is 1.96. The Hall–Kier alpha value is -1.22. The molecule has 0 unspecified atom stereocenters. The summed E-state index contributed by atoms with van der Waals surface area (Å²) in [5, 5.41) is 0.453. The predicted octanol–water partition coefficient (Wildman–Crippen LogP) is 0.815. The molecule has 0 aliphatic carbocycles. The SMILES string of the molecule is CN1CCN(S(=O)(=O)c2ccc3nc(N)sc3c2)CC1. The molecule has 0 radical (unpaired) electrons. The molecule has 1 aliphatic heterocycles. The van der Waals surface area contributed by atoms with Crippen LogP contribution in [0.2, 0.25) is 0 Å². The number of nitrogen functional groups attached to an aromatic ring is 1. The van der Waals surface area contributed by atoms with Crippen LogP contribution < -0.4 is 5.73 Å². The number of hydrogen-bond acceptors (Lipinski definition) is 6. The molecular weight excluding hydrogens is 296 g/mol. The molecule has 1 aliphatic rings. The van der Waals surface area contributed by atoms with Gasteiger partial charge in [-0.05, 0) is 25.2 Å². The highest BCUT2D eigenvalue weighted by Crippen LogP contribution is 2.27. The van der Waals surface area contributed by atoms with Crippen molar-refractivity contribution in [2.45, 2.75) is 4.90 Å². The second kappa shape index (κ2) is 4.96. The van der Waals surface area contributed by atoms with E-state index >= 15 is 0 Å². The highest BCUT2D eigenvalue weighted by molar-refractivity contribution is 7.89. The van der Waals surface area contributed by atoms with Crippen LogP contribution in [0.3, 0.4) is 0 Å². The fourth-order valence-corrected chi connectivity index (χ4v) is 4.56. The Morgan fingerprint density at radius 3 is 2.65 bits per heavy atom. The molecule has 0 saturated carbocycles. The number of nitrogens with zero attached hydrogens (tertiary/aromatic N) is 3. The minimum absolute atomic E-state index is 0.318. The first-order valence-corrected chi connectivity index (χ1v) is 8.57. The zero-order chi connectivity index (χ0) is 14.3. The standard InChI is InChI=1S/C12H16N4O2S2/c1-15-4-6-16(7-5-15)20(17,18)9-2-3-10-11(8-9)19-12(13)14-10/h2-3,8H,4-7H2,1H3,(H2,13,14). The number of benzene rings is 1. The zero-order valence-electron chi connectivity index (χ0n) is 11.1. The van der Waals surface area contributed by atoms with Crippen LogP contribution in [0.5, 0.6) is 0 Å². The third kappa shape index (κ3) is 2.39. The lowest BCUT2D eigenvalue weighted by atomic mass is 10.3. The van der Waals surface area contributed by atoms with Gasteiger partial charge in [-0.25, -0.2) is 13.4 Å². The summed E-state index contributed by atoms with van der Waals surface area (Å²) in [5.74, 6) is 0. The summed E-state index contributed by atoms with van der Waals surface area (Å²) in [6.07, 6.45) is 0. The van der Waals surface area contributed by atoms with Crippen LogP contribution in [0.4, 0.5) is 5.13 Å². The van der Waals surface area contributed by atoms with Crippen molar-refractivity contribution < 1.29 is 8.42 Å². The van der Waals surface area contributed by atoms with Crippen molar-refractivity contribution in [3.63, 3.8) is 0 Å². The number of nitrogens with two attached hydrogens (primary N) is 1. The lowest BCUT2D eigenvalue weighted by Gasteiger charge is -2.31. The first-order valence-electron chi connectivity index (χ1n) is 6.31. The van der Waals surface area contributed by atoms with E-state index in [1.165, 1.54) is 11.3 Å². The van der Waals surface area contributed by atoms with Crippen molar-refractivity contribution in [2.24, 2.45) is 0 Å². The van der Waals surface area contributed by atoms with E-state index in [9.17, 15) is 8.42 Å². The van der Waals surface area contributed by atoms with Crippen LogP contribution >= 0.6 is 11.3 Å². The summed E-state index contributed by atoms with van der Waals surface area (Å²) in [6, 6.07) is 4.98. The molecule has 6 nitrogen and oxygen atoms in total. The molecule has 108 valence electrons. The van der Waals surface area contributed by atoms with Crippen LogP contribution in [0.1, 0.15) is 0 Å². The topological polar surface area (TPSA) is 79.5 Å². The van der Waals surface area contributed by atoms with Gasteiger partial charge in [-0.3, -0.25) is 0 Å². The van der Waals surface area contributed by atoms with Crippen molar-refractivity contribution >= 4 is 36.7 Å². The van der Waals surface area contributed by atoms with Gasteiger partial charge in [0.15, 0.2) is 5.13 Å². The largest absolute Gasteiger partial charge is 0.375 e. The van der Waals surface area contributed by atoms with Gasteiger partial charge in [0.05, 0.1) is 15.1 Å². The fourth-order valence-electron chi connectivity index (χ4n) is 2.26. The minimum atomic E-state index is -3.42. The number of anilines is 1. The summed E-state index contributed by atoms with van der Waals surface area (Å²) in [6.45, 7) is 2.58. The van der Waals surface area contributed by atoms with Crippen LogP contribution in [-0.2, 0) is 10.0 Å². The van der Waals surface area contributed by atoms with Gasteiger partial charge < -0.3 is 10.6 Å². The summed E-state index contributed by atoms with van der Waals surface area (Å²) < 4.78 is 27.6.